The van der Waals surface area contributed by atoms with Crippen LogP contribution >= 0.6 is 0 Å². The first-order chi connectivity index (χ1) is 9.66. The Bertz CT molecular complexity index is 563. The van der Waals surface area contributed by atoms with Crippen molar-refractivity contribution in [2.75, 3.05) is 13.2 Å². The molecule has 0 spiro atoms. The van der Waals surface area contributed by atoms with E-state index in [9.17, 15) is 9.18 Å². The topological polar surface area (TPSA) is 40.5 Å². The van der Waals surface area contributed by atoms with Gasteiger partial charge in [-0.2, -0.15) is 0 Å². The van der Waals surface area contributed by atoms with E-state index >= 15 is 0 Å². The molecule has 0 saturated carbocycles. The summed E-state index contributed by atoms with van der Waals surface area (Å²) in [7, 11) is 1.79. The summed E-state index contributed by atoms with van der Waals surface area (Å²) in [5, 5.41) is 0. The third-order valence-corrected chi connectivity index (χ3v) is 2.76. The van der Waals surface area contributed by atoms with Crippen LogP contribution in [-0.2, 0) is 11.8 Å². The van der Waals surface area contributed by atoms with E-state index in [4.69, 9.17) is 9.47 Å². The third kappa shape index (κ3) is 3.85. The van der Waals surface area contributed by atoms with Crippen LogP contribution in [0.25, 0.3) is 0 Å². The number of rotatable bonds is 6. The minimum absolute atomic E-state index is 0.283. The number of benzene rings is 1. The number of aromatic nitrogens is 1. The molecular formula is C15H16FNO3. The third-order valence-electron chi connectivity index (χ3n) is 2.76. The first-order valence-electron chi connectivity index (χ1n) is 6.33. The van der Waals surface area contributed by atoms with Gasteiger partial charge < -0.3 is 14.0 Å². The van der Waals surface area contributed by atoms with Crippen molar-refractivity contribution in [1.29, 1.82) is 0 Å². The molecule has 0 saturated heterocycles. The molecule has 0 unspecified atom stereocenters. The molecule has 0 bridgehead atoms. The summed E-state index contributed by atoms with van der Waals surface area (Å²) < 4.78 is 24.9. The number of hydrogen-bond acceptors (Lipinski definition) is 3. The molecule has 0 aliphatic heterocycles. The fourth-order valence-electron chi connectivity index (χ4n) is 1.69. The Kier molecular flexibility index (Phi) is 4.76. The van der Waals surface area contributed by atoms with Crippen molar-refractivity contribution in [1.82, 2.24) is 4.57 Å². The molecule has 0 radical (unpaired) electrons. The lowest BCUT2D eigenvalue weighted by atomic mass is 10.3. The molecule has 106 valence electrons. The van der Waals surface area contributed by atoms with Gasteiger partial charge in [-0.05, 0) is 36.4 Å². The lowest BCUT2D eigenvalue weighted by Gasteiger charge is -2.07. The van der Waals surface area contributed by atoms with E-state index in [1.165, 1.54) is 12.1 Å². The van der Waals surface area contributed by atoms with Gasteiger partial charge in [0, 0.05) is 19.7 Å². The number of esters is 1. The number of nitrogens with zero attached hydrogens (tertiary/aromatic N) is 1. The molecule has 1 heterocycles. The Hall–Kier alpha value is -2.30. The maximum atomic E-state index is 12.7. The van der Waals surface area contributed by atoms with Gasteiger partial charge in [-0.25, -0.2) is 9.18 Å². The van der Waals surface area contributed by atoms with E-state index in [1.807, 2.05) is 0 Å². The van der Waals surface area contributed by atoms with Crippen molar-refractivity contribution in [3.63, 3.8) is 0 Å². The lowest BCUT2D eigenvalue weighted by molar-refractivity contribution is 0.0475. The van der Waals surface area contributed by atoms with Crippen LogP contribution in [0.5, 0.6) is 5.75 Å². The van der Waals surface area contributed by atoms with E-state index in [0.717, 1.165) is 0 Å². The first-order valence-corrected chi connectivity index (χ1v) is 6.33. The molecular weight excluding hydrogens is 261 g/mol. The van der Waals surface area contributed by atoms with E-state index in [-0.39, 0.29) is 18.4 Å². The van der Waals surface area contributed by atoms with E-state index in [0.29, 0.717) is 24.5 Å². The molecule has 4 nitrogen and oxygen atoms in total. The zero-order chi connectivity index (χ0) is 14.4. The van der Waals surface area contributed by atoms with Gasteiger partial charge in [0.05, 0.1) is 13.2 Å². The van der Waals surface area contributed by atoms with Crippen molar-refractivity contribution < 1.29 is 18.7 Å². The fourth-order valence-corrected chi connectivity index (χ4v) is 1.69. The van der Waals surface area contributed by atoms with Gasteiger partial charge in [-0.1, -0.05) is 0 Å². The maximum Gasteiger partial charge on any atom is 0.354 e. The normalized spacial score (nSPS) is 10.3. The number of halogens is 1. The minimum atomic E-state index is -0.348. The van der Waals surface area contributed by atoms with Crippen molar-refractivity contribution in [2.45, 2.75) is 6.42 Å². The molecule has 0 aliphatic rings. The van der Waals surface area contributed by atoms with Gasteiger partial charge in [0.2, 0.25) is 0 Å². The Morgan fingerprint density at radius 2 is 1.95 bits per heavy atom. The summed E-state index contributed by atoms with van der Waals surface area (Å²) in [6.07, 6.45) is 2.36. The summed E-state index contributed by atoms with van der Waals surface area (Å²) in [6, 6.07) is 9.29. The zero-order valence-electron chi connectivity index (χ0n) is 11.2. The van der Waals surface area contributed by atoms with Gasteiger partial charge in [-0.15, -0.1) is 0 Å². The second kappa shape index (κ2) is 6.75. The molecule has 0 N–H and O–H groups in total. The van der Waals surface area contributed by atoms with E-state index in [1.54, 1.807) is 42.1 Å². The van der Waals surface area contributed by atoms with Crippen LogP contribution < -0.4 is 4.74 Å². The van der Waals surface area contributed by atoms with Crippen LogP contribution in [0.15, 0.2) is 42.6 Å². The highest BCUT2D eigenvalue weighted by atomic mass is 19.1. The van der Waals surface area contributed by atoms with Gasteiger partial charge in [0.25, 0.3) is 0 Å². The highest BCUT2D eigenvalue weighted by molar-refractivity contribution is 5.87. The number of carbonyl (C=O) groups is 1. The van der Waals surface area contributed by atoms with Crippen molar-refractivity contribution in [3.05, 3.63) is 54.1 Å². The highest BCUT2D eigenvalue weighted by Gasteiger charge is 2.09. The standard InChI is InChI=1S/C15H16FNO3/c1-17-9-2-4-14(17)15(18)20-11-3-10-19-13-7-5-12(16)6-8-13/h2,4-9H,3,10-11H2,1H3. The average molecular weight is 277 g/mol. The summed E-state index contributed by atoms with van der Waals surface area (Å²) in [6.45, 7) is 0.692. The summed E-state index contributed by atoms with van der Waals surface area (Å²) >= 11 is 0. The van der Waals surface area contributed by atoms with Crippen LogP contribution in [0.2, 0.25) is 0 Å². The Balaban J connectivity index is 1.66. The number of hydrogen-bond donors (Lipinski definition) is 0. The summed E-state index contributed by atoms with van der Waals surface area (Å²) in [4.78, 5) is 11.7. The van der Waals surface area contributed by atoms with Crippen LogP contribution in [-0.4, -0.2) is 23.8 Å². The Morgan fingerprint density at radius 1 is 1.20 bits per heavy atom. The predicted octanol–water partition coefficient (Wildman–Crippen LogP) is 2.79. The van der Waals surface area contributed by atoms with Crippen molar-refractivity contribution in [3.8, 4) is 5.75 Å². The Labute approximate surface area is 116 Å². The number of carbonyl (C=O) groups excluding carboxylic acids is 1. The second-order valence-electron chi connectivity index (χ2n) is 4.30. The van der Waals surface area contributed by atoms with Crippen LogP contribution in [0.3, 0.4) is 0 Å². The van der Waals surface area contributed by atoms with Crippen LogP contribution in [0.4, 0.5) is 4.39 Å². The SMILES string of the molecule is Cn1cccc1C(=O)OCCCOc1ccc(F)cc1. The second-order valence-corrected chi connectivity index (χ2v) is 4.30. The molecule has 2 rings (SSSR count). The molecule has 0 fully saturated rings. The van der Waals surface area contributed by atoms with Gasteiger partial charge >= 0.3 is 5.97 Å². The largest absolute Gasteiger partial charge is 0.493 e. The van der Waals surface area contributed by atoms with Gasteiger partial charge in [-0.3, -0.25) is 0 Å². The molecule has 1 aromatic heterocycles. The van der Waals surface area contributed by atoms with Crippen LogP contribution in [0, 0.1) is 5.82 Å². The fraction of sp³-hybridized carbons (Fsp3) is 0.267. The van der Waals surface area contributed by atoms with Gasteiger partial charge in [0.15, 0.2) is 0 Å². The minimum Gasteiger partial charge on any atom is -0.493 e. The zero-order valence-corrected chi connectivity index (χ0v) is 11.2. The van der Waals surface area contributed by atoms with E-state index < -0.39 is 0 Å². The predicted molar refractivity (Wildman–Crippen MR) is 72.2 cm³/mol. The molecule has 0 amide bonds. The van der Waals surface area contributed by atoms with Crippen molar-refractivity contribution in [2.24, 2.45) is 7.05 Å². The average Bonchev–Trinajstić information content (AvgIpc) is 2.86. The van der Waals surface area contributed by atoms with E-state index in [2.05, 4.69) is 0 Å². The molecule has 0 atom stereocenters. The van der Waals surface area contributed by atoms with Gasteiger partial charge in [0.1, 0.15) is 17.3 Å². The molecule has 20 heavy (non-hydrogen) atoms. The summed E-state index contributed by atoms with van der Waals surface area (Å²) in [5.74, 6) is -0.0479. The number of aryl methyl sites for hydroxylation is 1. The molecule has 1 aromatic carbocycles. The molecule has 2 aromatic rings. The summed E-state index contributed by atoms with van der Waals surface area (Å²) in [5.41, 5.74) is 0.518. The monoisotopic (exact) mass is 277 g/mol. The molecule has 0 aliphatic carbocycles. The highest BCUT2D eigenvalue weighted by Crippen LogP contribution is 2.11. The van der Waals surface area contributed by atoms with Crippen LogP contribution in [0.1, 0.15) is 16.9 Å². The lowest BCUT2D eigenvalue weighted by Crippen LogP contribution is -2.12. The quantitative estimate of drug-likeness (QED) is 0.602. The maximum absolute atomic E-state index is 12.7. The number of ether oxygens (including phenoxy) is 2. The first kappa shape index (κ1) is 14.1. The molecule has 5 heteroatoms. The van der Waals surface area contributed by atoms with Crippen molar-refractivity contribution >= 4 is 5.97 Å². The Morgan fingerprint density at radius 3 is 2.60 bits per heavy atom. The smallest absolute Gasteiger partial charge is 0.354 e.